The second-order valence-electron chi connectivity index (χ2n) is 3.48. The highest BCUT2D eigenvalue weighted by Gasteiger charge is 2.41. The van der Waals surface area contributed by atoms with Gasteiger partial charge in [0.25, 0.3) is 5.79 Å². The van der Waals surface area contributed by atoms with Crippen molar-refractivity contribution >= 4 is 6.16 Å². The van der Waals surface area contributed by atoms with E-state index in [4.69, 9.17) is 14.2 Å². The van der Waals surface area contributed by atoms with Gasteiger partial charge >= 0.3 is 6.16 Å². The van der Waals surface area contributed by atoms with Crippen LogP contribution in [0.25, 0.3) is 0 Å². The molecule has 4 heteroatoms. The van der Waals surface area contributed by atoms with Crippen molar-refractivity contribution in [3.63, 3.8) is 0 Å². The fourth-order valence-electron chi connectivity index (χ4n) is 1.28. The molecule has 0 bridgehead atoms. The van der Waals surface area contributed by atoms with E-state index in [-0.39, 0.29) is 6.61 Å². The molecule has 86 valence electrons. The summed E-state index contributed by atoms with van der Waals surface area (Å²) >= 11 is 0. The number of ether oxygens (including phenoxy) is 3. The van der Waals surface area contributed by atoms with Gasteiger partial charge in [-0.2, -0.15) is 0 Å². The number of carbonyl (C=O) groups excluding carboxylic acids is 1. The highest BCUT2D eigenvalue weighted by Crippen LogP contribution is 2.25. The molecular weight excluding hydrogens is 196 g/mol. The first-order valence-electron chi connectivity index (χ1n) is 5.37. The van der Waals surface area contributed by atoms with Crippen LogP contribution in [0, 0.1) is 0 Å². The van der Waals surface area contributed by atoms with Crippen LogP contribution in [0.15, 0.2) is 12.2 Å². The van der Waals surface area contributed by atoms with Gasteiger partial charge in [0.05, 0.1) is 6.61 Å². The Kier molecular flexibility index (Phi) is 4.62. The van der Waals surface area contributed by atoms with Crippen molar-refractivity contribution in [1.29, 1.82) is 0 Å². The third kappa shape index (κ3) is 3.55. The highest BCUT2D eigenvalue weighted by molar-refractivity contribution is 5.62. The van der Waals surface area contributed by atoms with Crippen molar-refractivity contribution in [2.45, 2.75) is 38.9 Å². The predicted octanol–water partition coefficient (Wildman–Crippen LogP) is 2.63. The van der Waals surface area contributed by atoms with E-state index in [0.29, 0.717) is 13.0 Å². The molecule has 1 aliphatic heterocycles. The smallest absolute Gasteiger partial charge is 0.427 e. The zero-order valence-corrected chi connectivity index (χ0v) is 9.32. The summed E-state index contributed by atoms with van der Waals surface area (Å²) in [6.45, 7) is 4.65. The Morgan fingerprint density at radius 3 is 2.80 bits per heavy atom. The summed E-state index contributed by atoms with van der Waals surface area (Å²) in [5.41, 5.74) is 0. The normalized spacial score (nSPS) is 25.6. The van der Waals surface area contributed by atoms with Crippen LogP contribution in [0.4, 0.5) is 4.79 Å². The predicted molar refractivity (Wildman–Crippen MR) is 55.5 cm³/mol. The van der Waals surface area contributed by atoms with Crippen molar-refractivity contribution in [2.24, 2.45) is 0 Å². The van der Waals surface area contributed by atoms with Crippen molar-refractivity contribution in [2.75, 3.05) is 13.2 Å². The number of hydrogen-bond acceptors (Lipinski definition) is 4. The Labute approximate surface area is 90.2 Å². The first-order valence-corrected chi connectivity index (χ1v) is 5.37. The molecule has 0 aromatic heterocycles. The van der Waals surface area contributed by atoms with Gasteiger partial charge in [0.1, 0.15) is 0 Å². The van der Waals surface area contributed by atoms with Crippen LogP contribution >= 0.6 is 0 Å². The lowest BCUT2D eigenvalue weighted by Crippen LogP contribution is -2.34. The molecule has 0 aromatic rings. The van der Waals surface area contributed by atoms with Crippen LogP contribution in [0.5, 0.6) is 0 Å². The number of unbranched alkanes of at least 4 members (excludes halogenated alkanes) is 1. The molecule has 4 nitrogen and oxygen atoms in total. The van der Waals surface area contributed by atoms with Crippen LogP contribution in [0.1, 0.15) is 33.1 Å². The lowest BCUT2D eigenvalue weighted by molar-refractivity contribution is -0.173. The minimum atomic E-state index is -0.867. The van der Waals surface area contributed by atoms with Crippen molar-refractivity contribution in [1.82, 2.24) is 0 Å². The number of cyclic esters (lactones) is 2. The van der Waals surface area contributed by atoms with Crippen LogP contribution in [0.2, 0.25) is 0 Å². The summed E-state index contributed by atoms with van der Waals surface area (Å²) in [5, 5.41) is 0. The Hall–Kier alpha value is -1.03. The Bertz CT molecular complexity index is 237. The summed E-state index contributed by atoms with van der Waals surface area (Å²) in [7, 11) is 0. The van der Waals surface area contributed by atoms with Gasteiger partial charge in [0.15, 0.2) is 6.61 Å². The van der Waals surface area contributed by atoms with Crippen molar-refractivity contribution in [3.8, 4) is 0 Å². The largest absolute Gasteiger partial charge is 0.511 e. The zero-order valence-electron chi connectivity index (χ0n) is 9.32. The summed E-state index contributed by atoms with van der Waals surface area (Å²) in [6, 6.07) is 0. The standard InChI is InChI=1S/C11H18O4/c1-3-5-6-7-8-14-11(4-2)9-13-10(12)15-11/h6-7H,3-5,8-9H2,1-2H3/b7-6+. The van der Waals surface area contributed by atoms with Gasteiger partial charge < -0.3 is 14.2 Å². The van der Waals surface area contributed by atoms with Crippen LogP contribution in [-0.4, -0.2) is 25.2 Å². The van der Waals surface area contributed by atoms with Crippen molar-refractivity contribution < 1.29 is 19.0 Å². The summed E-state index contributed by atoms with van der Waals surface area (Å²) < 4.78 is 15.2. The lowest BCUT2D eigenvalue weighted by Gasteiger charge is -2.22. The summed E-state index contributed by atoms with van der Waals surface area (Å²) in [5.74, 6) is -0.867. The van der Waals surface area contributed by atoms with E-state index in [1.54, 1.807) is 0 Å². The molecule has 0 aliphatic carbocycles. The lowest BCUT2D eigenvalue weighted by atomic mass is 10.2. The summed E-state index contributed by atoms with van der Waals surface area (Å²) in [6.07, 6.45) is 6.11. The van der Waals surface area contributed by atoms with Gasteiger partial charge in [0, 0.05) is 6.42 Å². The van der Waals surface area contributed by atoms with Crippen molar-refractivity contribution in [3.05, 3.63) is 12.2 Å². The monoisotopic (exact) mass is 214 g/mol. The SMILES string of the molecule is CCC/C=C/COC1(CC)COC(=O)O1. The molecular formula is C11H18O4. The summed E-state index contributed by atoms with van der Waals surface area (Å²) in [4.78, 5) is 10.8. The molecule has 15 heavy (non-hydrogen) atoms. The molecule has 0 saturated carbocycles. The third-order valence-corrected chi connectivity index (χ3v) is 2.28. The topological polar surface area (TPSA) is 44.8 Å². The molecule has 1 atom stereocenters. The molecule has 0 spiro atoms. The van der Waals surface area contributed by atoms with Crippen LogP contribution in [0.3, 0.4) is 0 Å². The number of allylic oxidation sites excluding steroid dienone is 1. The Morgan fingerprint density at radius 1 is 1.47 bits per heavy atom. The Balaban J connectivity index is 2.31. The van der Waals surface area contributed by atoms with Crippen LogP contribution < -0.4 is 0 Å². The molecule has 1 unspecified atom stereocenters. The molecule has 0 amide bonds. The molecule has 1 fully saturated rings. The number of hydrogen-bond donors (Lipinski definition) is 0. The number of carbonyl (C=O) groups is 1. The molecule has 1 rings (SSSR count). The molecule has 0 radical (unpaired) electrons. The van der Waals surface area contributed by atoms with Gasteiger partial charge in [0.2, 0.25) is 0 Å². The van der Waals surface area contributed by atoms with Gasteiger partial charge in [-0.15, -0.1) is 0 Å². The van der Waals surface area contributed by atoms with E-state index >= 15 is 0 Å². The zero-order chi connectivity index (χ0) is 11.1. The van der Waals surface area contributed by atoms with Gasteiger partial charge in [-0.3, -0.25) is 0 Å². The van der Waals surface area contributed by atoms with E-state index in [0.717, 1.165) is 12.8 Å². The maximum absolute atomic E-state index is 10.8. The quantitative estimate of drug-likeness (QED) is 0.503. The second kappa shape index (κ2) is 5.75. The first kappa shape index (κ1) is 12.0. The van der Waals surface area contributed by atoms with E-state index < -0.39 is 11.9 Å². The maximum atomic E-state index is 10.8. The minimum absolute atomic E-state index is 0.184. The van der Waals surface area contributed by atoms with Crippen LogP contribution in [-0.2, 0) is 14.2 Å². The van der Waals surface area contributed by atoms with E-state index in [1.165, 1.54) is 0 Å². The van der Waals surface area contributed by atoms with E-state index in [9.17, 15) is 4.79 Å². The molecule has 0 aromatic carbocycles. The van der Waals surface area contributed by atoms with Gasteiger partial charge in [-0.1, -0.05) is 32.4 Å². The average molecular weight is 214 g/mol. The molecule has 1 saturated heterocycles. The van der Waals surface area contributed by atoms with E-state index in [1.807, 2.05) is 13.0 Å². The Morgan fingerprint density at radius 2 is 2.27 bits per heavy atom. The van der Waals surface area contributed by atoms with Gasteiger partial charge in [-0.25, -0.2) is 4.79 Å². The maximum Gasteiger partial charge on any atom is 0.511 e. The first-order chi connectivity index (χ1) is 7.22. The van der Waals surface area contributed by atoms with E-state index in [2.05, 4.69) is 13.0 Å². The fraction of sp³-hybridized carbons (Fsp3) is 0.727. The van der Waals surface area contributed by atoms with Gasteiger partial charge in [-0.05, 0) is 6.42 Å². The molecule has 0 N–H and O–H groups in total. The molecule has 1 aliphatic rings. The fourth-order valence-corrected chi connectivity index (χ4v) is 1.28. The highest BCUT2D eigenvalue weighted by atomic mass is 16.8. The molecule has 1 heterocycles. The number of rotatable bonds is 6. The average Bonchev–Trinajstić information content (AvgIpc) is 2.61. The second-order valence-corrected chi connectivity index (χ2v) is 3.48. The minimum Gasteiger partial charge on any atom is -0.427 e. The third-order valence-electron chi connectivity index (χ3n) is 2.28.